The molecule has 0 radical (unpaired) electrons. The molecule has 1 aromatic carbocycles. The standard InChI is InChI=1S/C13H13N5/c1-8-5-10(14)6-11(9(8)2)13-17-16-12-3-4-15-7-18(12)13/h3-7H,14H2,1-2H3. The van der Waals surface area contributed by atoms with E-state index < -0.39 is 0 Å². The van der Waals surface area contributed by atoms with Crippen molar-refractivity contribution in [3.05, 3.63) is 41.9 Å². The van der Waals surface area contributed by atoms with Crippen LogP contribution in [0, 0.1) is 13.8 Å². The molecule has 2 N–H and O–H groups in total. The van der Waals surface area contributed by atoms with Gasteiger partial charge >= 0.3 is 0 Å². The number of nitrogen functional groups attached to an aromatic ring is 1. The molecule has 0 amide bonds. The van der Waals surface area contributed by atoms with Crippen LogP contribution in [0.4, 0.5) is 5.69 Å². The van der Waals surface area contributed by atoms with Gasteiger partial charge in [-0.2, -0.15) is 0 Å². The summed E-state index contributed by atoms with van der Waals surface area (Å²) >= 11 is 0. The Bertz CT molecular complexity index is 729. The lowest BCUT2D eigenvalue weighted by Gasteiger charge is -2.08. The Hall–Kier alpha value is -2.43. The van der Waals surface area contributed by atoms with Crippen molar-refractivity contribution in [2.45, 2.75) is 13.8 Å². The van der Waals surface area contributed by atoms with Crippen LogP contribution in [0.2, 0.25) is 0 Å². The summed E-state index contributed by atoms with van der Waals surface area (Å²) in [4.78, 5) is 4.10. The molecule has 3 aromatic rings. The zero-order valence-corrected chi connectivity index (χ0v) is 10.3. The van der Waals surface area contributed by atoms with Gasteiger partial charge in [0.05, 0.1) is 0 Å². The Morgan fingerprint density at radius 2 is 2.00 bits per heavy atom. The number of anilines is 1. The van der Waals surface area contributed by atoms with Gasteiger partial charge in [0.25, 0.3) is 0 Å². The second-order valence-electron chi connectivity index (χ2n) is 4.34. The highest BCUT2D eigenvalue weighted by Crippen LogP contribution is 2.26. The van der Waals surface area contributed by atoms with Crippen LogP contribution < -0.4 is 5.73 Å². The van der Waals surface area contributed by atoms with E-state index in [0.29, 0.717) is 0 Å². The van der Waals surface area contributed by atoms with E-state index in [2.05, 4.69) is 22.1 Å². The van der Waals surface area contributed by atoms with Crippen LogP contribution >= 0.6 is 0 Å². The van der Waals surface area contributed by atoms with E-state index in [9.17, 15) is 0 Å². The average molecular weight is 239 g/mol. The van der Waals surface area contributed by atoms with Gasteiger partial charge in [0.1, 0.15) is 6.33 Å². The Balaban J connectivity index is 2.33. The first kappa shape index (κ1) is 10.7. The molecule has 0 atom stereocenters. The molecular formula is C13H13N5. The fraction of sp³-hybridized carbons (Fsp3) is 0.154. The van der Waals surface area contributed by atoms with Crippen LogP contribution in [-0.4, -0.2) is 19.6 Å². The largest absolute Gasteiger partial charge is 0.399 e. The molecule has 0 aliphatic heterocycles. The summed E-state index contributed by atoms with van der Waals surface area (Å²) in [7, 11) is 0. The molecule has 18 heavy (non-hydrogen) atoms. The minimum Gasteiger partial charge on any atom is -0.399 e. The Morgan fingerprint density at radius 1 is 1.17 bits per heavy atom. The first-order valence-electron chi connectivity index (χ1n) is 5.68. The number of hydrogen-bond acceptors (Lipinski definition) is 4. The van der Waals surface area contributed by atoms with Gasteiger partial charge in [0.2, 0.25) is 0 Å². The fourth-order valence-electron chi connectivity index (χ4n) is 2.05. The molecule has 3 rings (SSSR count). The number of aryl methyl sites for hydroxylation is 1. The number of hydrogen-bond donors (Lipinski definition) is 1. The van der Waals surface area contributed by atoms with Crippen molar-refractivity contribution in [1.29, 1.82) is 0 Å². The smallest absolute Gasteiger partial charge is 0.169 e. The quantitative estimate of drug-likeness (QED) is 0.659. The SMILES string of the molecule is Cc1cc(N)cc(-c2nnc3ccncn23)c1C. The summed E-state index contributed by atoms with van der Waals surface area (Å²) in [6.45, 7) is 4.10. The van der Waals surface area contributed by atoms with Gasteiger partial charge in [0, 0.05) is 23.5 Å². The van der Waals surface area contributed by atoms with Gasteiger partial charge < -0.3 is 5.73 Å². The topological polar surface area (TPSA) is 69.1 Å². The van der Waals surface area contributed by atoms with Gasteiger partial charge in [-0.05, 0) is 37.1 Å². The van der Waals surface area contributed by atoms with E-state index in [4.69, 9.17) is 5.73 Å². The van der Waals surface area contributed by atoms with Gasteiger partial charge in [0.15, 0.2) is 11.5 Å². The monoisotopic (exact) mass is 239 g/mol. The number of fused-ring (bicyclic) bond motifs is 1. The maximum absolute atomic E-state index is 5.91. The third-order valence-electron chi connectivity index (χ3n) is 3.14. The zero-order chi connectivity index (χ0) is 12.7. The van der Waals surface area contributed by atoms with E-state index in [0.717, 1.165) is 33.8 Å². The molecule has 0 saturated heterocycles. The van der Waals surface area contributed by atoms with Crippen LogP contribution in [0.5, 0.6) is 0 Å². The molecule has 5 heteroatoms. The van der Waals surface area contributed by atoms with Crippen LogP contribution in [0.3, 0.4) is 0 Å². The van der Waals surface area contributed by atoms with Crippen molar-refractivity contribution >= 4 is 11.3 Å². The van der Waals surface area contributed by atoms with Crippen LogP contribution in [0.1, 0.15) is 11.1 Å². The predicted molar refractivity (Wildman–Crippen MR) is 70.1 cm³/mol. The van der Waals surface area contributed by atoms with Crippen molar-refractivity contribution in [2.75, 3.05) is 5.73 Å². The van der Waals surface area contributed by atoms with Gasteiger partial charge in [-0.15, -0.1) is 10.2 Å². The summed E-state index contributed by atoms with van der Waals surface area (Å²) in [6.07, 6.45) is 3.41. The summed E-state index contributed by atoms with van der Waals surface area (Å²) < 4.78 is 1.86. The lowest BCUT2D eigenvalue weighted by atomic mass is 10.0. The summed E-state index contributed by atoms with van der Waals surface area (Å²) in [5, 5.41) is 8.35. The summed E-state index contributed by atoms with van der Waals surface area (Å²) in [6, 6.07) is 5.71. The van der Waals surface area contributed by atoms with E-state index in [1.165, 1.54) is 0 Å². The Labute approximate surface area is 104 Å². The van der Waals surface area contributed by atoms with Gasteiger partial charge in [-0.25, -0.2) is 4.98 Å². The lowest BCUT2D eigenvalue weighted by molar-refractivity contribution is 1.07. The molecule has 0 aliphatic rings. The number of aromatic nitrogens is 4. The normalized spacial score (nSPS) is 11.0. The van der Waals surface area contributed by atoms with Gasteiger partial charge in [-0.1, -0.05) is 0 Å². The van der Waals surface area contributed by atoms with Crippen molar-refractivity contribution in [3.63, 3.8) is 0 Å². The molecule has 0 aliphatic carbocycles. The zero-order valence-electron chi connectivity index (χ0n) is 10.3. The minimum absolute atomic E-state index is 0.730. The molecule has 0 saturated carbocycles. The van der Waals surface area contributed by atoms with Crippen molar-refractivity contribution in [1.82, 2.24) is 19.6 Å². The van der Waals surface area contributed by atoms with Crippen molar-refractivity contribution in [3.8, 4) is 11.4 Å². The maximum atomic E-state index is 5.91. The number of benzene rings is 1. The van der Waals surface area contributed by atoms with Crippen LogP contribution in [-0.2, 0) is 0 Å². The molecule has 0 spiro atoms. The van der Waals surface area contributed by atoms with E-state index in [1.807, 2.05) is 29.5 Å². The molecule has 2 heterocycles. The molecule has 0 unspecified atom stereocenters. The predicted octanol–water partition coefficient (Wildman–Crippen LogP) is 1.99. The van der Waals surface area contributed by atoms with Crippen LogP contribution in [0.25, 0.3) is 17.0 Å². The van der Waals surface area contributed by atoms with Gasteiger partial charge in [-0.3, -0.25) is 4.40 Å². The first-order valence-corrected chi connectivity index (χ1v) is 5.68. The molecule has 90 valence electrons. The number of rotatable bonds is 1. The van der Waals surface area contributed by atoms with E-state index in [1.54, 1.807) is 12.5 Å². The van der Waals surface area contributed by atoms with Crippen molar-refractivity contribution < 1.29 is 0 Å². The first-order chi connectivity index (χ1) is 8.66. The number of nitrogens with two attached hydrogens (primary N) is 1. The molecule has 2 aromatic heterocycles. The highest BCUT2D eigenvalue weighted by atomic mass is 15.3. The summed E-state index contributed by atoms with van der Waals surface area (Å²) in [5.74, 6) is 0.769. The minimum atomic E-state index is 0.730. The average Bonchev–Trinajstić information content (AvgIpc) is 2.77. The Kier molecular flexibility index (Phi) is 2.26. The van der Waals surface area contributed by atoms with E-state index in [-0.39, 0.29) is 0 Å². The second kappa shape index (κ2) is 3.80. The summed E-state index contributed by atoms with van der Waals surface area (Å²) in [5.41, 5.74) is 10.7. The fourth-order valence-corrected chi connectivity index (χ4v) is 2.05. The highest BCUT2D eigenvalue weighted by Gasteiger charge is 2.12. The maximum Gasteiger partial charge on any atom is 0.169 e. The molecule has 0 fully saturated rings. The highest BCUT2D eigenvalue weighted by molar-refractivity contribution is 5.69. The Morgan fingerprint density at radius 3 is 2.83 bits per heavy atom. The third kappa shape index (κ3) is 1.52. The third-order valence-corrected chi connectivity index (χ3v) is 3.14. The molecule has 0 bridgehead atoms. The number of nitrogens with zero attached hydrogens (tertiary/aromatic N) is 4. The lowest BCUT2D eigenvalue weighted by Crippen LogP contribution is -1.96. The van der Waals surface area contributed by atoms with Crippen molar-refractivity contribution in [2.24, 2.45) is 0 Å². The van der Waals surface area contributed by atoms with E-state index >= 15 is 0 Å². The molecular weight excluding hydrogens is 226 g/mol. The second-order valence-corrected chi connectivity index (χ2v) is 4.34. The molecule has 5 nitrogen and oxygen atoms in total. The van der Waals surface area contributed by atoms with Crippen LogP contribution in [0.15, 0.2) is 30.7 Å².